The van der Waals surface area contributed by atoms with Crippen LogP contribution in [-0.2, 0) is 0 Å². The average molecular weight is 314 g/mol. The minimum absolute atomic E-state index is 0.0195. The maximum absolute atomic E-state index is 12.8. The van der Waals surface area contributed by atoms with Crippen molar-refractivity contribution >= 4 is 11.6 Å². The summed E-state index contributed by atoms with van der Waals surface area (Å²) in [5.74, 6) is 0.0195. The van der Waals surface area contributed by atoms with E-state index in [0.29, 0.717) is 11.1 Å². The Labute approximate surface area is 139 Å². The molecule has 1 aromatic rings. The van der Waals surface area contributed by atoms with Crippen molar-refractivity contribution in [2.45, 2.75) is 25.3 Å². The fraction of sp³-hybridized carbons (Fsp3) is 0.556. The topological polar surface area (TPSA) is 50.6 Å². The molecule has 1 saturated heterocycles. The molecule has 1 aliphatic rings. The summed E-state index contributed by atoms with van der Waals surface area (Å²) < 4.78 is 0. The number of nitrogens with zero attached hydrogens (tertiary/aromatic N) is 4. The molecule has 1 aliphatic heterocycles. The van der Waals surface area contributed by atoms with E-state index < -0.39 is 0 Å². The summed E-state index contributed by atoms with van der Waals surface area (Å²) in [6.45, 7) is 3.75. The standard InChI is InChI=1S/C18H26N4O/c1-18(21(4)5)6-8-22(9-7-18)17(23)15-10-14(13-19)11-16(12-15)20(2)3/h10-12H,6-9H2,1-5H3. The lowest BCUT2D eigenvalue weighted by atomic mass is 9.88. The summed E-state index contributed by atoms with van der Waals surface area (Å²) in [7, 11) is 8.01. The predicted molar refractivity (Wildman–Crippen MR) is 92.7 cm³/mol. The molecule has 1 amide bonds. The normalized spacial score (nSPS) is 17.0. The number of hydrogen-bond acceptors (Lipinski definition) is 4. The number of nitriles is 1. The van der Waals surface area contributed by atoms with Crippen molar-refractivity contribution in [3.05, 3.63) is 29.3 Å². The van der Waals surface area contributed by atoms with Gasteiger partial charge in [0.1, 0.15) is 0 Å². The van der Waals surface area contributed by atoms with E-state index >= 15 is 0 Å². The molecule has 23 heavy (non-hydrogen) atoms. The van der Waals surface area contributed by atoms with Crippen LogP contribution in [0.2, 0.25) is 0 Å². The van der Waals surface area contributed by atoms with Gasteiger partial charge in [0.15, 0.2) is 0 Å². The van der Waals surface area contributed by atoms with Crippen molar-refractivity contribution in [3.8, 4) is 6.07 Å². The van der Waals surface area contributed by atoms with Crippen LogP contribution in [-0.4, -0.2) is 62.5 Å². The lowest BCUT2D eigenvalue weighted by molar-refractivity contribution is 0.0494. The minimum atomic E-state index is 0.0195. The van der Waals surface area contributed by atoms with Gasteiger partial charge in [0.05, 0.1) is 11.6 Å². The fourth-order valence-electron chi connectivity index (χ4n) is 2.88. The van der Waals surface area contributed by atoms with Crippen LogP contribution >= 0.6 is 0 Å². The van der Waals surface area contributed by atoms with Crippen LogP contribution in [0.1, 0.15) is 35.7 Å². The lowest BCUT2D eigenvalue weighted by Gasteiger charge is -2.43. The maximum Gasteiger partial charge on any atom is 0.253 e. The highest BCUT2D eigenvalue weighted by molar-refractivity contribution is 5.95. The molecule has 1 fully saturated rings. The Morgan fingerprint density at radius 2 is 1.78 bits per heavy atom. The quantitative estimate of drug-likeness (QED) is 0.858. The number of likely N-dealkylation sites (tertiary alicyclic amines) is 1. The molecule has 0 radical (unpaired) electrons. The van der Waals surface area contributed by atoms with Gasteiger partial charge in [-0.25, -0.2) is 0 Å². The largest absolute Gasteiger partial charge is 0.378 e. The number of benzene rings is 1. The van der Waals surface area contributed by atoms with Gasteiger partial charge in [-0.3, -0.25) is 4.79 Å². The molecule has 5 heteroatoms. The van der Waals surface area contributed by atoms with Gasteiger partial charge in [0.2, 0.25) is 0 Å². The molecule has 2 rings (SSSR count). The first-order chi connectivity index (χ1) is 10.8. The predicted octanol–water partition coefficient (Wildman–Crippen LogP) is 2.18. The van der Waals surface area contributed by atoms with Crippen molar-refractivity contribution in [1.29, 1.82) is 5.26 Å². The molecule has 0 saturated carbocycles. The van der Waals surface area contributed by atoms with Crippen molar-refractivity contribution in [1.82, 2.24) is 9.80 Å². The molecule has 0 N–H and O–H groups in total. The third-order valence-electron chi connectivity index (χ3n) is 5.02. The Morgan fingerprint density at radius 1 is 1.17 bits per heavy atom. The highest BCUT2D eigenvalue weighted by atomic mass is 16.2. The molecule has 0 spiro atoms. The first-order valence-electron chi connectivity index (χ1n) is 7.96. The van der Waals surface area contributed by atoms with Gasteiger partial charge in [0.25, 0.3) is 5.91 Å². The number of carbonyl (C=O) groups excluding carboxylic acids is 1. The van der Waals surface area contributed by atoms with E-state index in [0.717, 1.165) is 31.6 Å². The Balaban J connectivity index is 2.19. The van der Waals surface area contributed by atoms with E-state index in [2.05, 4.69) is 32.0 Å². The summed E-state index contributed by atoms with van der Waals surface area (Å²) in [4.78, 5) is 18.9. The molecule has 0 atom stereocenters. The molecule has 0 bridgehead atoms. The Hall–Kier alpha value is -2.06. The second-order valence-electron chi connectivity index (χ2n) is 6.96. The zero-order valence-electron chi connectivity index (χ0n) is 14.8. The molecular formula is C18H26N4O. The monoisotopic (exact) mass is 314 g/mol. The van der Waals surface area contributed by atoms with Gasteiger partial charge >= 0.3 is 0 Å². The number of rotatable bonds is 3. The first kappa shape index (κ1) is 17.3. The van der Waals surface area contributed by atoms with Crippen molar-refractivity contribution in [3.63, 3.8) is 0 Å². The van der Waals surface area contributed by atoms with Crippen LogP contribution in [0.15, 0.2) is 18.2 Å². The third kappa shape index (κ3) is 3.65. The second-order valence-corrected chi connectivity index (χ2v) is 6.96. The van der Waals surface area contributed by atoms with E-state index in [4.69, 9.17) is 0 Å². The number of piperidine rings is 1. The summed E-state index contributed by atoms with van der Waals surface area (Å²) in [6, 6.07) is 7.50. The lowest BCUT2D eigenvalue weighted by Crippen LogP contribution is -2.51. The molecule has 5 nitrogen and oxygen atoms in total. The van der Waals surface area contributed by atoms with Crippen LogP contribution in [0.3, 0.4) is 0 Å². The van der Waals surface area contributed by atoms with Crippen molar-refractivity contribution in [2.75, 3.05) is 46.2 Å². The van der Waals surface area contributed by atoms with Crippen LogP contribution < -0.4 is 4.90 Å². The van der Waals surface area contributed by atoms with E-state index in [9.17, 15) is 10.1 Å². The fourth-order valence-corrected chi connectivity index (χ4v) is 2.88. The number of carbonyl (C=O) groups is 1. The molecule has 0 aromatic heterocycles. The SMILES string of the molecule is CN(C)c1cc(C#N)cc(C(=O)N2CCC(C)(N(C)C)CC2)c1. The van der Waals surface area contributed by atoms with Gasteiger partial charge in [-0.05, 0) is 52.1 Å². The van der Waals surface area contributed by atoms with Crippen LogP contribution in [0.5, 0.6) is 0 Å². The van der Waals surface area contributed by atoms with E-state index in [1.54, 1.807) is 12.1 Å². The van der Waals surface area contributed by atoms with Gasteiger partial charge in [-0.1, -0.05) is 0 Å². The minimum Gasteiger partial charge on any atom is -0.378 e. The van der Waals surface area contributed by atoms with Gasteiger partial charge in [-0.2, -0.15) is 5.26 Å². The van der Waals surface area contributed by atoms with Crippen molar-refractivity contribution in [2.24, 2.45) is 0 Å². The third-order valence-corrected chi connectivity index (χ3v) is 5.02. The molecular weight excluding hydrogens is 288 g/mol. The molecule has 1 aromatic carbocycles. The molecule has 0 aliphatic carbocycles. The summed E-state index contributed by atoms with van der Waals surface area (Å²) in [6.07, 6.45) is 1.93. The van der Waals surface area contributed by atoms with Gasteiger partial charge < -0.3 is 14.7 Å². The number of hydrogen-bond donors (Lipinski definition) is 0. The Kier molecular flexibility index (Phi) is 4.96. The summed E-state index contributed by atoms with van der Waals surface area (Å²) in [5.41, 5.74) is 2.15. The first-order valence-corrected chi connectivity index (χ1v) is 7.96. The molecule has 0 unspecified atom stereocenters. The number of anilines is 1. The highest BCUT2D eigenvalue weighted by Crippen LogP contribution is 2.27. The van der Waals surface area contributed by atoms with Gasteiger partial charge in [-0.15, -0.1) is 0 Å². The van der Waals surface area contributed by atoms with Crippen LogP contribution in [0, 0.1) is 11.3 Å². The van der Waals surface area contributed by atoms with E-state index in [-0.39, 0.29) is 11.4 Å². The summed E-state index contributed by atoms with van der Waals surface area (Å²) >= 11 is 0. The zero-order valence-corrected chi connectivity index (χ0v) is 14.8. The van der Waals surface area contributed by atoms with Crippen LogP contribution in [0.4, 0.5) is 5.69 Å². The zero-order chi connectivity index (χ0) is 17.2. The van der Waals surface area contributed by atoms with Crippen molar-refractivity contribution < 1.29 is 4.79 Å². The van der Waals surface area contributed by atoms with Crippen LogP contribution in [0.25, 0.3) is 0 Å². The second kappa shape index (κ2) is 6.59. The van der Waals surface area contributed by atoms with E-state index in [1.807, 2.05) is 30.0 Å². The smallest absolute Gasteiger partial charge is 0.253 e. The average Bonchev–Trinajstić information content (AvgIpc) is 2.54. The van der Waals surface area contributed by atoms with Gasteiger partial charge in [0, 0.05) is 44.0 Å². The number of amides is 1. The molecule has 1 heterocycles. The van der Waals surface area contributed by atoms with E-state index in [1.165, 1.54) is 0 Å². The maximum atomic E-state index is 12.8. The Morgan fingerprint density at radius 3 is 2.26 bits per heavy atom. The highest BCUT2D eigenvalue weighted by Gasteiger charge is 2.33. The Bertz CT molecular complexity index is 622. The molecule has 124 valence electrons. The summed E-state index contributed by atoms with van der Waals surface area (Å²) in [5, 5.41) is 9.19.